The van der Waals surface area contributed by atoms with Crippen LogP contribution >= 0.6 is 0 Å². The molecule has 1 amide bonds. The van der Waals surface area contributed by atoms with Crippen molar-refractivity contribution in [3.8, 4) is 11.5 Å². The second-order valence-corrected chi connectivity index (χ2v) is 13.0. The number of hydrogen-bond acceptors (Lipinski definition) is 3. The van der Waals surface area contributed by atoms with Crippen LogP contribution in [-0.4, -0.2) is 33.1 Å². The minimum atomic E-state index is -4.68. The largest absolute Gasteiger partial charge is 0.467 e. The summed E-state index contributed by atoms with van der Waals surface area (Å²) in [6.07, 6.45) is -4.73. The van der Waals surface area contributed by atoms with Gasteiger partial charge in [-0.2, -0.15) is 13.2 Å². The first-order chi connectivity index (χ1) is 12.7. The first kappa shape index (κ1) is 23.8. The predicted molar refractivity (Wildman–Crippen MR) is 104 cm³/mol. The smallest absolute Gasteiger partial charge is 0.417 e. The number of methoxy groups -OCH3 is 1. The van der Waals surface area contributed by atoms with Crippen molar-refractivity contribution >= 4 is 20.0 Å². The number of amides is 1. The maximum absolute atomic E-state index is 13.1. The van der Waals surface area contributed by atoms with Crippen molar-refractivity contribution in [2.75, 3.05) is 7.11 Å². The van der Waals surface area contributed by atoms with E-state index in [1.165, 1.54) is 12.1 Å². The summed E-state index contributed by atoms with van der Waals surface area (Å²) < 4.78 is 44.0. The second-order valence-electron chi connectivity index (χ2n) is 7.97. The number of nitrogens with one attached hydrogen (secondary N) is 1. The summed E-state index contributed by atoms with van der Waals surface area (Å²) in [7, 11) is -0.784. The van der Waals surface area contributed by atoms with Crippen molar-refractivity contribution in [1.82, 2.24) is 5.32 Å². The zero-order valence-corrected chi connectivity index (χ0v) is 18.0. The molecule has 0 saturated heterocycles. The summed E-state index contributed by atoms with van der Waals surface area (Å²) in [5.41, 5.74) is 1.59. The third-order valence-electron chi connectivity index (χ3n) is 4.85. The van der Waals surface area contributed by atoms with Gasteiger partial charge in [-0.25, -0.2) is 4.79 Å². The number of ether oxygens (including phenoxy) is 1. The first-order valence-corrected chi connectivity index (χ1v) is 11.8. The molecule has 0 aromatic heterocycles. The third-order valence-corrected chi connectivity index (χ3v) is 9.40. The fourth-order valence-electron chi connectivity index (χ4n) is 2.06. The van der Waals surface area contributed by atoms with E-state index in [4.69, 9.17) is 0 Å². The normalized spacial score (nSPS) is 13.2. The Balaban J connectivity index is 3.08. The van der Waals surface area contributed by atoms with E-state index < -0.39 is 43.3 Å². The molecule has 1 rings (SSSR count). The Morgan fingerprint density at radius 2 is 1.75 bits per heavy atom. The van der Waals surface area contributed by atoms with E-state index in [1.54, 1.807) is 0 Å². The van der Waals surface area contributed by atoms with Crippen molar-refractivity contribution in [2.24, 2.45) is 0 Å². The standard InChI is InChI=1S/C20H26F3NO3Si/c1-19(2,3)28(5,6)13-9-12-16(18(26)27-4)24-17(25)14-10-7-8-11-15(14)20(21,22)23/h7-8,10-11,16H,12H2,1-6H3,(H,24,25)/t16-/m0/s1. The summed E-state index contributed by atoms with van der Waals surface area (Å²) in [6, 6.07) is 3.25. The highest BCUT2D eigenvalue weighted by Crippen LogP contribution is 2.35. The molecule has 4 nitrogen and oxygen atoms in total. The van der Waals surface area contributed by atoms with Gasteiger partial charge < -0.3 is 10.1 Å². The number of benzene rings is 1. The fraction of sp³-hybridized carbons (Fsp3) is 0.500. The highest BCUT2D eigenvalue weighted by atomic mass is 28.3. The molecule has 0 aliphatic heterocycles. The van der Waals surface area contributed by atoms with Crippen LogP contribution in [0.4, 0.5) is 13.2 Å². The van der Waals surface area contributed by atoms with Crippen molar-refractivity contribution in [1.29, 1.82) is 0 Å². The zero-order chi connectivity index (χ0) is 21.8. The highest BCUT2D eigenvalue weighted by molar-refractivity contribution is 6.87. The molecular formula is C20H26F3NO3Si. The minimum absolute atomic E-state index is 0.00958. The van der Waals surface area contributed by atoms with Gasteiger partial charge in [-0.1, -0.05) is 46.0 Å². The molecule has 0 bridgehead atoms. The van der Waals surface area contributed by atoms with E-state index in [-0.39, 0.29) is 11.5 Å². The van der Waals surface area contributed by atoms with E-state index >= 15 is 0 Å². The van der Waals surface area contributed by atoms with Crippen molar-refractivity contribution in [2.45, 2.75) is 57.5 Å². The Hall–Kier alpha value is -2.27. The lowest BCUT2D eigenvalue weighted by molar-refractivity contribution is -0.142. The average Bonchev–Trinajstić information content (AvgIpc) is 2.58. The Morgan fingerprint density at radius 3 is 2.25 bits per heavy atom. The van der Waals surface area contributed by atoms with E-state index in [0.717, 1.165) is 19.2 Å². The van der Waals surface area contributed by atoms with Crippen molar-refractivity contribution in [3.05, 3.63) is 35.4 Å². The monoisotopic (exact) mass is 413 g/mol. The van der Waals surface area contributed by atoms with E-state index in [1.807, 2.05) is 0 Å². The number of rotatable bonds is 4. The molecule has 1 atom stereocenters. The lowest BCUT2D eigenvalue weighted by atomic mass is 10.1. The van der Waals surface area contributed by atoms with Gasteiger partial charge in [0.15, 0.2) is 0 Å². The zero-order valence-electron chi connectivity index (χ0n) is 17.0. The van der Waals surface area contributed by atoms with Crippen LogP contribution in [0, 0.1) is 11.5 Å². The molecule has 154 valence electrons. The Bertz CT molecular complexity index is 786. The van der Waals surface area contributed by atoms with E-state index in [9.17, 15) is 22.8 Å². The van der Waals surface area contributed by atoms with Crippen LogP contribution in [-0.2, 0) is 15.7 Å². The lowest BCUT2D eigenvalue weighted by Crippen LogP contribution is -2.42. The summed E-state index contributed by atoms with van der Waals surface area (Å²) in [5.74, 6) is 1.16. The van der Waals surface area contributed by atoms with Gasteiger partial charge in [0.2, 0.25) is 0 Å². The van der Waals surface area contributed by atoms with Crippen LogP contribution in [0.2, 0.25) is 18.1 Å². The van der Waals surface area contributed by atoms with Gasteiger partial charge >= 0.3 is 12.1 Å². The molecular weight excluding hydrogens is 387 g/mol. The number of carbonyl (C=O) groups is 2. The molecule has 1 aromatic carbocycles. The van der Waals surface area contributed by atoms with E-state index in [2.05, 4.69) is 55.4 Å². The number of esters is 1. The van der Waals surface area contributed by atoms with Crippen molar-refractivity contribution in [3.63, 3.8) is 0 Å². The molecule has 0 fully saturated rings. The van der Waals surface area contributed by atoms with Gasteiger partial charge in [-0.3, -0.25) is 4.79 Å². The van der Waals surface area contributed by atoms with Crippen LogP contribution in [0.5, 0.6) is 0 Å². The third kappa shape index (κ3) is 6.13. The molecule has 0 aliphatic carbocycles. The number of halogens is 3. The molecule has 0 spiro atoms. The van der Waals surface area contributed by atoms with Gasteiger partial charge in [0.1, 0.15) is 14.1 Å². The second kappa shape index (κ2) is 8.82. The Labute approximate surface area is 164 Å². The van der Waals surface area contributed by atoms with Gasteiger partial charge in [0, 0.05) is 6.42 Å². The SMILES string of the molecule is COC(=O)[C@H](CC#C[Si](C)(C)C(C)(C)C)NC(=O)c1ccccc1C(F)(F)F. The number of hydrogen-bond donors (Lipinski definition) is 1. The Morgan fingerprint density at radius 1 is 1.18 bits per heavy atom. The van der Waals surface area contributed by atoms with Crippen LogP contribution < -0.4 is 5.32 Å². The van der Waals surface area contributed by atoms with Crippen molar-refractivity contribution < 1.29 is 27.5 Å². The molecule has 0 radical (unpaired) electrons. The van der Waals surface area contributed by atoms with Gasteiger partial charge in [-0.05, 0) is 17.2 Å². The van der Waals surface area contributed by atoms with Crippen LogP contribution in [0.15, 0.2) is 24.3 Å². The van der Waals surface area contributed by atoms with E-state index in [0.29, 0.717) is 0 Å². The first-order valence-electron chi connectivity index (χ1n) is 8.75. The van der Waals surface area contributed by atoms with Crippen LogP contribution in [0.3, 0.4) is 0 Å². The maximum Gasteiger partial charge on any atom is 0.417 e. The fourth-order valence-corrected chi connectivity index (χ4v) is 2.98. The molecule has 8 heteroatoms. The quantitative estimate of drug-likeness (QED) is 0.452. The molecule has 1 aromatic rings. The van der Waals surface area contributed by atoms with Gasteiger partial charge in [-0.15, -0.1) is 11.5 Å². The molecule has 28 heavy (non-hydrogen) atoms. The highest BCUT2D eigenvalue weighted by Gasteiger charge is 2.36. The molecule has 0 heterocycles. The Kier molecular flexibility index (Phi) is 7.49. The summed E-state index contributed by atoms with van der Waals surface area (Å²) >= 11 is 0. The molecule has 0 unspecified atom stereocenters. The summed E-state index contributed by atoms with van der Waals surface area (Å²) in [5, 5.41) is 2.33. The number of carbonyl (C=O) groups excluding carboxylic acids is 2. The predicted octanol–water partition coefficient (Wildman–Crippen LogP) is 4.42. The molecule has 1 N–H and O–H groups in total. The average molecular weight is 414 g/mol. The topological polar surface area (TPSA) is 55.4 Å². The summed E-state index contributed by atoms with van der Waals surface area (Å²) in [6.45, 7) is 10.4. The minimum Gasteiger partial charge on any atom is -0.467 e. The van der Waals surface area contributed by atoms with Crippen LogP contribution in [0.1, 0.15) is 43.1 Å². The van der Waals surface area contributed by atoms with Crippen LogP contribution in [0.25, 0.3) is 0 Å². The number of alkyl halides is 3. The maximum atomic E-state index is 13.1. The lowest BCUT2D eigenvalue weighted by Gasteiger charge is -2.31. The molecule has 0 saturated carbocycles. The molecule has 0 aliphatic rings. The van der Waals surface area contributed by atoms with Gasteiger partial charge in [0.25, 0.3) is 5.91 Å². The summed E-state index contributed by atoms with van der Waals surface area (Å²) in [4.78, 5) is 24.4. The van der Waals surface area contributed by atoms with Gasteiger partial charge in [0.05, 0.1) is 18.2 Å².